The molecule has 24 heavy (non-hydrogen) atoms. The van der Waals surface area contributed by atoms with Crippen LogP contribution in [0.4, 0.5) is 0 Å². The number of oxime groups is 1. The van der Waals surface area contributed by atoms with Crippen LogP contribution in [0.25, 0.3) is 0 Å². The minimum Gasteiger partial charge on any atom is -0.375 e. The fourth-order valence-electron chi connectivity index (χ4n) is 2.96. The third-order valence-corrected chi connectivity index (χ3v) is 4.23. The van der Waals surface area contributed by atoms with E-state index in [0.717, 1.165) is 24.2 Å². The van der Waals surface area contributed by atoms with Crippen LogP contribution >= 0.6 is 11.6 Å². The summed E-state index contributed by atoms with van der Waals surface area (Å²) in [5.74, 6) is 6.31. The fourth-order valence-corrected chi connectivity index (χ4v) is 3.15. The number of likely N-dealkylation sites (tertiary alicyclic amines) is 1. The Bertz CT molecular complexity index is 720. The lowest BCUT2D eigenvalue weighted by Crippen LogP contribution is -2.43. The first-order chi connectivity index (χ1) is 11.5. The van der Waals surface area contributed by atoms with Crippen LogP contribution in [0.1, 0.15) is 25.8 Å². The van der Waals surface area contributed by atoms with E-state index in [1.54, 1.807) is 0 Å². The molecule has 0 saturated carbocycles. The Balaban J connectivity index is 1.62. The Hall–Kier alpha value is -2.03. The highest BCUT2D eigenvalue weighted by Gasteiger charge is 2.43. The van der Waals surface area contributed by atoms with Gasteiger partial charge in [0.25, 0.3) is 0 Å². The average Bonchev–Trinajstić information content (AvgIpc) is 3.08. The van der Waals surface area contributed by atoms with Gasteiger partial charge in [0.2, 0.25) is 5.91 Å². The molecule has 0 radical (unpaired) electrons. The van der Waals surface area contributed by atoms with Crippen molar-refractivity contribution in [2.24, 2.45) is 11.1 Å². The summed E-state index contributed by atoms with van der Waals surface area (Å²) in [5, 5.41) is 7.67. The molecule has 0 aromatic heterocycles. The summed E-state index contributed by atoms with van der Waals surface area (Å²) >= 11 is 5.97. The molecule has 5 nitrogen and oxygen atoms in total. The third kappa shape index (κ3) is 3.89. The minimum atomic E-state index is -0.188. The van der Waals surface area contributed by atoms with Crippen molar-refractivity contribution in [2.75, 3.05) is 13.1 Å². The second-order valence-electron chi connectivity index (χ2n) is 6.32. The van der Waals surface area contributed by atoms with Gasteiger partial charge in [-0.05, 0) is 44.4 Å². The van der Waals surface area contributed by atoms with Gasteiger partial charge >= 0.3 is 0 Å². The highest BCUT2D eigenvalue weighted by Crippen LogP contribution is 2.31. The number of fused-ring (bicyclic) bond motifs is 1. The molecule has 126 valence electrons. The van der Waals surface area contributed by atoms with Crippen LogP contribution in [-0.4, -0.2) is 41.9 Å². The molecule has 1 N–H and O–H groups in total. The Labute approximate surface area is 147 Å². The molecule has 2 aliphatic rings. The molecule has 0 spiro atoms. The number of hydrogen-bond donors (Lipinski definition) is 1. The van der Waals surface area contributed by atoms with E-state index in [-0.39, 0.29) is 24.1 Å². The predicted octanol–water partition coefficient (Wildman–Crippen LogP) is 2.25. The molecule has 0 aliphatic carbocycles. The molecular weight excluding hydrogens is 326 g/mol. The van der Waals surface area contributed by atoms with Crippen LogP contribution in [0.2, 0.25) is 5.02 Å². The number of halogens is 1. The number of nitrogens with one attached hydrogen (secondary N) is 1. The lowest BCUT2D eigenvalue weighted by molar-refractivity contribution is -0.125. The zero-order valence-electron chi connectivity index (χ0n) is 13.8. The van der Waals surface area contributed by atoms with Crippen molar-refractivity contribution in [1.29, 1.82) is 0 Å². The first kappa shape index (κ1) is 16.8. The summed E-state index contributed by atoms with van der Waals surface area (Å²) < 4.78 is 0. The molecule has 2 aliphatic heterocycles. The maximum Gasteiger partial charge on any atom is 0.234 e. The van der Waals surface area contributed by atoms with E-state index in [0.29, 0.717) is 11.6 Å². The summed E-state index contributed by atoms with van der Waals surface area (Å²) in [6, 6.07) is 7.54. The van der Waals surface area contributed by atoms with Gasteiger partial charge in [0.1, 0.15) is 5.71 Å². The van der Waals surface area contributed by atoms with Gasteiger partial charge in [0.05, 0.1) is 12.5 Å². The molecule has 1 saturated heterocycles. The van der Waals surface area contributed by atoms with Crippen molar-refractivity contribution in [3.63, 3.8) is 0 Å². The summed E-state index contributed by atoms with van der Waals surface area (Å²) in [6.45, 7) is 5.02. The second kappa shape index (κ2) is 7.25. The molecule has 2 atom stereocenters. The zero-order valence-corrected chi connectivity index (χ0v) is 14.5. The molecule has 1 aromatic rings. The number of benzene rings is 1. The first-order valence-electron chi connectivity index (χ1n) is 8.07. The van der Waals surface area contributed by atoms with Gasteiger partial charge in [-0.3, -0.25) is 9.69 Å². The van der Waals surface area contributed by atoms with Gasteiger partial charge in [-0.25, -0.2) is 0 Å². The van der Waals surface area contributed by atoms with Crippen molar-refractivity contribution >= 4 is 23.2 Å². The van der Waals surface area contributed by atoms with Gasteiger partial charge in [0.15, 0.2) is 6.23 Å². The van der Waals surface area contributed by atoms with Crippen LogP contribution in [0.3, 0.4) is 0 Å². The van der Waals surface area contributed by atoms with E-state index in [2.05, 4.69) is 22.3 Å². The maximum atomic E-state index is 11.9. The van der Waals surface area contributed by atoms with Gasteiger partial charge in [0, 0.05) is 23.2 Å². The molecule has 1 aromatic carbocycles. The van der Waals surface area contributed by atoms with Crippen LogP contribution in [0, 0.1) is 17.8 Å². The lowest BCUT2D eigenvalue weighted by Gasteiger charge is -2.21. The zero-order chi connectivity index (χ0) is 17.1. The minimum absolute atomic E-state index is 0.00714. The van der Waals surface area contributed by atoms with Crippen molar-refractivity contribution in [2.45, 2.75) is 32.5 Å². The first-order valence-corrected chi connectivity index (χ1v) is 8.45. The van der Waals surface area contributed by atoms with E-state index in [4.69, 9.17) is 16.4 Å². The molecule has 2 unspecified atom stereocenters. The normalized spacial score (nSPS) is 22.4. The molecule has 6 heteroatoms. The topological polar surface area (TPSA) is 53.9 Å². The van der Waals surface area contributed by atoms with Crippen molar-refractivity contribution in [3.8, 4) is 11.8 Å². The molecule has 3 rings (SSSR count). The van der Waals surface area contributed by atoms with Gasteiger partial charge in [-0.1, -0.05) is 28.7 Å². The SMILES string of the molecule is CC(C)NC(=O)CN1CCC2C(C#Cc3cccc(Cl)c3)=NOC21. The quantitative estimate of drug-likeness (QED) is 0.855. The number of carbonyl (C=O) groups is 1. The smallest absolute Gasteiger partial charge is 0.234 e. The summed E-state index contributed by atoms with van der Waals surface area (Å²) in [7, 11) is 0. The predicted molar refractivity (Wildman–Crippen MR) is 93.6 cm³/mol. The van der Waals surface area contributed by atoms with Crippen LogP contribution < -0.4 is 5.32 Å². The van der Waals surface area contributed by atoms with E-state index < -0.39 is 0 Å². The molecule has 2 heterocycles. The Morgan fingerprint density at radius 3 is 3.08 bits per heavy atom. The van der Waals surface area contributed by atoms with Gasteiger partial charge in [-0.2, -0.15) is 0 Å². The van der Waals surface area contributed by atoms with Crippen molar-refractivity contribution in [3.05, 3.63) is 34.9 Å². The van der Waals surface area contributed by atoms with E-state index in [1.807, 2.05) is 43.0 Å². The highest BCUT2D eigenvalue weighted by atomic mass is 35.5. The van der Waals surface area contributed by atoms with Gasteiger partial charge < -0.3 is 10.2 Å². The monoisotopic (exact) mass is 345 g/mol. The Morgan fingerprint density at radius 1 is 1.50 bits per heavy atom. The van der Waals surface area contributed by atoms with E-state index in [9.17, 15) is 4.79 Å². The van der Waals surface area contributed by atoms with Crippen LogP contribution in [0.15, 0.2) is 29.4 Å². The average molecular weight is 346 g/mol. The number of rotatable bonds is 3. The van der Waals surface area contributed by atoms with Crippen LogP contribution in [-0.2, 0) is 9.63 Å². The van der Waals surface area contributed by atoms with Crippen LogP contribution in [0.5, 0.6) is 0 Å². The van der Waals surface area contributed by atoms with Crippen molar-refractivity contribution < 1.29 is 9.63 Å². The summed E-state index contributed by atoms with van der Waals surface area (Å²) in [6.07, 6.45) is 0.703. The lowest BCUT2D eigenvalue weighted by atomic mass is 10.0. The Kier molecular flexibility index (Phi) is 5.08. The second-order valence-corrected chi connectivity index (χ2v) is 6.76. The van der Waals surface area contributed by atoms with Gasteiger partial charge in [-0.15, -0.1) is 0 Å². The van der Waals surface area contributed by atoms with E-state index in [1.165, 1.54) is 0 Å². The largest absolute Gasteiger partial charge is 0.375 e. The highest BCUT2D eigenvalue weighted by molar-refractivity contribution is 6.30. The number of nitrogens with zero attached hydrogens (tertiary/aromatic N) is 2. The molecule has 0 bridgehead atoms. The number of carbonyl (C=O) groups excluding carboxylic acids is 1. The molecular formula is C18H20ClN3O2. The maximum absolute atomic E-state index is 11.9. The standard InChI is InChI=1S/C18H20ClN3O2/c1-12(2)20-17(23)11-22-9-8-15-16(21-24-18(15)22)7-6-13-4-3-5-14(19)10-13/h3-5,10,12,15,18H,8-9,11H2,1-2H3,(H,20,23). The third-order valence-electron chi connectivity index (χ3n) is 4.00. The number of amides is 1. The Morgan fingerprint density at radius 2 is 2.33 bits per heavy atom. The fraction of sp³-hybridized carbons (Fsp3) is 0.444. The molecule has 1 fully saturated rings. The molecule has 1 amide bonds. The van der Waals surface area contributed by atoms with Crippen molar-refractivity contribution in [1.82, 2.24) is 10.2 Å². The van der Waals surface area contributed by atoms with E-state index >= 15 is 0 Å². The summed E-state index contributed by atoms with van der Waals surface area (Å²) in [4.78, 5) is 19.5. The summed E-state index contributed by atoms with van der Waals surface area (Å²) in [5.41, 5.74) is 1.59. The number of hydrogen-bond acceptors (Lipinski definition) is 4.